The highest BCUT2D eigenvalue weighted by Gasteiger charge is 2.26. The predicted octanol–water partition coefficient (Wildman–Crippen LogP) is 5.86. The molecule has 0 unspecified atom stereocenters. The van der Waals surface area contributed by atoms with E-state index in [-0.39, 0.29) is 33.1 Å². The summed E-state index contributed by atoms with van der Waals surface area (Å²) >= 11 is 4.16. The topological polar surface area (TPSA) is 92.4 Å². The Morgan fingerprint density at radius 1 is 1.20 bits per heavy atom. The average molecular weight is 493 g/mol. The van der Waals surface area contributed by atoms with Crippen molar-refractivity contribution in [3.63, 3.8) is 0 Å². The van der Waals surface area contributed by atoms with Crippen LogP contribution >= 0.6 is 27.3 Å². The van der Waals surface area contributed by atoms with E-state index in [4.69, 9.17) is 4.42 Å². The zero-order chi connectivity index (χ0) is 21.6. The molecule has 2 aromatic heterocycles. The van der Waals surface area contributed by atoms with Crippen LogP contribution in [0.3, 0.4) is 0 Å². The Kier molecular flexibility index (Phi) is 5.12. The molecule has 0 radical (unpaired) electrons. The quantitative estimate of drug-likeness (QED) is 0.372. The maximum Gasteiger partial charge on any atom is 0.339 e. The summed E-state index contributed by atoms with van der Waals surface area (Å²) < 4.78 is 34.5. The molecule has 30 heavy (non-hydrogen) atoms. The number of carbonyl (C=O) groups excluding carboxylic acids is 1. The number of carboxylic acid groups (broad SMARTS) is 1. The van der Waals surface area contributed by atoms with Gasteiger partial charge in [-0.05, 0) is 30.7 Å². The van der Waals surface area contributed by atoms with Crippen molar-refractivity contribution in [1.82, 2.24) is 4.98 Å². The maximum absolute atomic E-state index is 14.4. The molecule has 2 N–H and O–H groups in total. The molecule has 0 fully saturated rings. The number of anilines is 1. The molecule has 0 aliphatic carbocycles. The Morgan fingerprint density at radius 3 is 2.70 bits per heavy atom. The summed E-state index contributed by atoms with van der Waals surface area (Å²) in [6.45, 7) is 1.40. The van der Waals surface area contributed by atoms with E-state index in [1.165, 1.54) is 24.4 Å². The molecule has 0 aliphatic rings. The average Bonchev–Trinajstić information content (AvgIpc) is 3.30. The summed E-state index contributed by atoms with van der Waals surface area (Å²) in [7, 11) is 0. The van der Waals surface area contributed by atoms with Crippen LogP contribution in [0.25, 0.3) is 21.5 Å². The lowest BCUT2D eigenvalue weighted by molar-refractivity contribution is 0.0699. The first-order valence-electron chi connectivity index (χ1n) is 8.43. The zero-order valence-corrected chi connectivity index (χ0v) is 17.5. The fourth-order valence-electron chi connectivity index (χ4n) is 2.85. The van der Waals surface area contributed by atoms with Crippen molar-refractivity contribution in [1.29, 1.82) is 0 Å². The van der Waals surface area contributed by atoms with Crippen molar-refractivity contribution < 1.29 is 27.9 Å². The molecule has 2 aromatic carbocycles. The number of aromatic nitrogens is 1. The molecule has 2 heterocycles. The van der Waals surface area contributed by atoms with Gasteiger partial charge in [0, 0.05) is 15.4 Å². The number of nitrogens with one attached hydrogen (secondary N) is 1. The monoisotopic (exact) mass is 492 g/mol. The van der Waals surface area contributed by atoms with E-state index in [1.54, 1.807) is 18.2 Å². The second-order valence-electron chi connectivity index (χ2n) is 6.30. The minimum absolute atomic E-state index is 0.0179. The van der Waals surface area contributed by atoms with Gasteiger partial charge in [0.25, 0.3) is 5.89 Å². The molecule has 6 nitrogen and oxygen atoms in total. The van der Waals surface area contributed by atoms with Crippen LogP contribution in [0.2, 0.25) is 0 Å². The third kappa shape index (κ3) is 3.48. The lowest BCUT2D eigenvalue weighted by Crippen LogP contribution is -2.14. The molecule has 4 rings (SSSR count). The van der Waals surface area contributed by atoms with Gasteiger partial charge in [-0.2, -0.15) is 0 Å². The molecule has 4 aromatic rings. The summed E-state index contributed by atoms with van der Waals surface area (Å²) in [6, 6.07) is 7.68. The van der Waals surface area contributed by atoms with Gasteiger partial charge in [0.1, 0.15) is 11.1 Å². The molecule has 0 atom stereocenters. The van der Waals surface area contributed by atoms with Crippen LogP contribution in [-0.4, -0.2) is 22.0 Å². The van der Waals surface area contributed by atoms with Crippen LogP contribution in [0.1, 0.15) is 26.6 Å². The third-order valence-corrected chi connectivity index (χ3v) is 5.82. The number of aromatic carboxylic acids is 1. The van der Waals surface area contributed by atoms with E-state index in [2.05, 4.69) is 26.2 Å². The predicted molar refractivity (Wildman–Crippen MR) is 111 cm³/mol. The summed E-state index contributed by atoms with van der Waals surface area (Å²) in [5, 5.41) is 13.4. The van der Waals surface area contributed by atoms with Gasteiger partial charge in [-0.25, -0.2) is 18.6 Å². The minimum Gasteiger partial charge on any atom is -0.478 e. The van der Waals surface area contributed by atoms with Crippen molar-refractivity contribution in [3.05, 3.63) is 68.8 Å². The molecular formula is C20H11BrF2N2O4S. The van der Waals surface area contributed by atoms with Crippen molar-refractivity contribution in [2.75, 3.05) is 5.32 Å². The van der Waals surface area contributed by atoms with E-state index in [9.17, 15) is 23.5 Å². The third-order valence-electron chi connectivity index (χ3n) is 4.32. The Hall–Kier alpha value is -3.11. The van der Waals surface area contributed by atoms with E-state index >= 15 is 0 Å². The molecule has 10 heteroatoms. The normalized spacial score (nSPS) is 11.1. The number of nitrogens with zero attached hydrogens (tertiary/aromatic N) is 1. The van der Waals surface area contributed by atoms with Crippen molar-refractivity contribution >= 4 is 55.9 Å². The number of carboxylic acids is 1. The number of aryl methyl sites for hydroxylation is 1. The van der Waals surface area contributed by atoms with Gasteiger partial charge < -0.3 is 14.8 Å². The molecule has 0 spiro atoms. The number of benzene rings is 2. The van der Waals surface area contributed by atoms with E-state index in [1.807, 2.05) is 0 Å². The van der Waals surface area contributed by atoms with Gasteiger partial charge in [0.05, 0.1) is 10.6 Å². The van der Waals surface area contributed by atoms with Crippen LogP contribution in [0.4, 0.5) is 14.5 Å². The number of amides is 1. The van der Waals surface area contributed by atoms with Crippen molar-refractivity contribution in [2.45, 2.75) is 6.92 Å². The van der Waals surface area contributed by atoms with Gasteiger partial charge in [-0.3, -0.25) is 4.79 Å². The Morgan fingerprint density at radius 2 is 1.97 bits per heavy atom. The molecule has 0 saturated heterocycles. The van der Waals surface area contributed by atoms with Gasteiger partial charge in [-0.1, -0.05) is 28.1 Å². The van der Waals surface area contributed by atoms with Crippen LogP contribution < -0.4 is 5.32 Å². The standard InChI is InChI=1S/C20H11BrF2N2O4S/c1-8-2-4-10(16(23)15(8)22)17-14(20(27)28)12(7-30-17)24-18(26)19-25-11-5-3-9(21)6-13(11)29-19/h2-7H,1H3,(H,24,26)(H,27,28). The second kappa shape index (κ2) is 7.62. The second-order valence-corrected chi connectivity index (χ2v) is 8.10. The van der Waals surface area contributed by atoms with Gasteiger partial charge in [0.2, 0.25) is 0 Å². The molecule has 152 valence electrons. The first-order chi connectivity index (χ1) is 14.3. The SMILES string of the molecule is Cc1ccc(-c2scc(NC(=O)c3nc4ccc(Br)cc4o3)c2C(=O)O)c(F)c1F. The van der Waals surface area contributed by atoms with Crippen molar-refractivity contribution in [2.24, 2.45) is 0 Å². The Bertz CT molecular complexity index is 1330. The van der Waals surface area contributed by atoms with Crippen LogP contribution in [0.15, 0.2) is 44.6 Å². The molecule has 0 saturated carbocycles. The number of thiophene rings is 1. The number of halogens is 3. The van der Waals surface area contributed by atoms with Crippen LogP contribution in [-0.2, 0) is 0 Å². The highest BCUT2D eigenvalue weighted by atomic mass is 79.9. The highest BCUT2D eigenvalue weighted by Crippen LogP contribution is 2.38. The molecule has 0 aliphatic heterocycles. The number of oxazole rings is 1. The first-order valence-corrected chi connectivity index (χ1v) is 10.1. The van der Waals surface area contributed by atoms with E-state index in [0.717, 1.165) is 15.8 Å². The lowest BCUT2D eigenvalue weighted by Gasteiger charge is -2.07. The van der Waals surface area contributed by atoms with Gasteiger partial charge in [0.15, 0.2) is 17.2 Å². The number of fused-ring (bicyclic) bond motifs is 1. The summed E-state index contributed by atoms with van der Waals surface area (Å²) in [4.78, 5) is 28.4. The van der Waals surface area contributed by atoms with Crippen LogP contribution in [0, 0.1) is 18.6 Å². The minimum atomic E-state index is -1.40. The number of rotatable bonds is 4. The highest BCUT2D eigenvalue weighted by molar-refractivity contribution is 9.10. The van der Waals surface area contributed by atoms with E-state index < -0.39 is 23.5 Å². The largest absolute Gasteiger partial charge is 0.478 e. The maximum atomic E-state index is 14.4. The summed E-state index contributed by atoms with van der Waals surface area (Å²) in [5.41, 5.74) is 0.292. The summed E-state index contributed by atoms with van der Waals surface area (Å²) in [6.07, 6.45) is 0. The molecule has 1 amide bonds. The van der Waals surface area contributed by atoms with Gasteiger partial charge >= 0.3 is 11.9 Å². The number of hydrogen-bond acceptors (Lipinski definition) is 5. The fourth-order valence-corrected chi connectivity index (χ4v) is 4.21. The smallest absolute Gasteiger partial charge is 0.339 e. The van der Waals surface area contributed by atoms with Gasteiger partial charge in [-0.15, -0.1) is 11.3 Å². The Labute approximate surface area is 180 Å². The fraction of sp³-hybridized carbons (Fsp3) is 0.0500. The zero-order valence-electron chi connectivity index (χ0n) is 15.1. The summed E-state index contributed by atoms with van der Waals surface area (Å²) in [5.74, 6) is -4.64. The molecular weight excluding hydrogens is 482 g/mol. The molecule has 0 bridgehead atoms. The first kappa shape index (κ1) is 20.2. The Balaban J connectivity index is 1.72. The lowest BCUT2D eigenvalue weighted by atomic mass is 10.1. The number of hydrogen-bond donors (Lipinski definition) is 2. The number of carbonyl (C=O) groups is 2. The van der Waals surface area contributed by atoms with Crippen molar-refractivity contribution in [3.8, 4) is 10.4 Å². The van der Waals surface area contributed by atoms with E-state index in [0.29, 0.717) is 11.1 Å². The van der Waals surface area contributed by atoms with Crippen LogP contribution in [0.5, 0.6) is 0 Å².